The molecule has 1 N–H and O–H groups in total. The fourth-order valence-corrected chi connectivity index (χ4v) is 3.90. The molecule has 0 fully saturated rings. The summed E-state index contributed by atoms with van der Waals surface area (Å²) in [6, 6.07) is 3.41. The lowest BCUT2D eigenvalue weighted by molar-refractivity contribution is -0.230. The minimum absolute atomic E-state index is 0.0918. The van der Waals surface area contributed by atoms with Crippen LogP contribution in [0.4, 0.5) is 8.78 Å². The summed E-state index contributed by atoms with van der Waals surface area (Å²) in [7, 11) is 0. The molecule has 2 nitrogen and oxygen atoms in total. The van der Waals surface area contributed by atoms with Crippen LogP contribution in [0.5, 0.6) is 11.5 Å². The number of hydrogen-bond donors (Lipinski definition) is 1. The van der Waals surface area contributed by atoms with Crippen LogP contribution in [-0.4, -0.2) is 11.2 Å². The van der Waals surface area contributed by atoms with Crippen molar-refractivity contribution in [1.29, 1.82) is 0 Å². The van der Waals surface area contributed by atoms with E-state index in [1.807, 2.05) is 13.0 Å². The summed E-state index contributed by atoms with van der Waals surface area (Å²) >= 11 is 0. The van der Waals surface area contributed by atoms with Crippen LogP contribution in [0, 0.1) is 5.92 Å². The first-order valence-corrected chi connectivity index (χ1v) is 8.53. The van der Waals surface area contributed by atoms with Gasteiger partial charge in [0.2, 0.25) is 0 Å². The Bertz CT molecular complexity index is 622. The molecule has 0 spiro atoms. The molecule has 0 aromatic heterocycles. The highest BCUT2D eigenvalue weighted by Gasteiger charge is 2.53. The Labute approximate surface area is 136 Å². The molecule has 3 rings (SSSR count). The Balaban J connectivity index is 2.01. The van der Waals surface area contributed by atoms with Crippen molar-refractivity contribution in [3.05, 3.63) is 34.9 Å². The number of fused-ring (bicyclic) bond motifs is 3. The third-order valence-electron chi connectivity index (χ3n) is 5.07. The number of alkyl halides is 2. The monoisotopic (exact) mass is 322 g/mol. The van der Waals surface area contributed by atoms with E-state index >= 15 is 0 Å². The van der Waals surface area contributed by atoms with Crippen LogP contribution in [0.3, 0.4) is 0 Å². The number of rotatable bonds is 4. The van der Waals surface area contributed by atoms with Gasteiger partial charge in [0.1, 0.15) is 11.5 Å². The summed E-state index contributed by atoms with van der Waals surface area (Å²) in [6.07, 6.45) is 3.77. The number of ether oxygens (including phenoxy) is 1. The van der Waals surface area contributed by atoms with E-state index in [0.717, 1.165) is 36.8 Å². The fourth-order valence-electron chi connectivity index (χ4n) is 3.90. The standard InChI is InChI=1S/C19H24F2O2/c1-3-4-5-8-13-10-15(22)18-16(11-13)23-19(20,21)14-9-6-7-12(2)17(14)18/h7,10-11,14,17,22H,3-6,8-9H2,1-2H3. The molecule has 23 heavy (non-hydrogen) atoms. The zero-order valence-corrected chi connectivity index (χ0v) is 13.7. The Morgan fingerprint density at radius 2 is 2.09 bits per heavy atom. The molecule has 1 aliphatic heterocycles. The molecular weight excluding hydrogens is 298 g/mol. The molecule has 1 aromatic carbocycles. The van der Waals surface area contributed by atoms with Gasteiger partial charge in [0.25, 0.3) is 0 Å². The highest BCUT2D eigenvalue weighted by atomic mass is 19.3. The molecule has 0 amide bonds. The lowest BCUT2D eigenvalue weighted by Crippen LogP contribution is -2.43. The molecular formula is C19H24F2O2. The van der Waals surface area contributed by atoms with E-state index in [2.05, 4.69) is 6.92 Å². The van der Waals surface area contributed by atoms with Crippen molar-refractivity contribution in [2.75, 3.05) is 0 Å². The van der Waals surface area contributed by atoms with E-state index < -0.39 is 17.9 Å². The second-order valence-electron chi connectivity index (χ2n) is 6.76. The third-order valence-corrected chi connectivity index (χ3v) is 5.07. The van der Waals surface area contributed by atoms with E-state index in [1.54, 1.807) is 12.1 Å². The first-order chi connectivity index (χ1) is 10.9. The Kier molecular flexibility index (Phi) is 4.35. The average Bonchev–Trinajstić information content (AvgIpc) is 2.47. The Morgan fingerprint density at radius 3 is 2.83 bits per heavy atom. The van der Waals surface area contributed by atoms with Gasteiger partial charge < -0.3 is 9.84 Å². The Hall–Kier alpha value is -1.58. The van der Waals surface area contributed by atoms with Gasteiger partial charge in [-0.15, -0.1) is 0 Å². The van der Waals surface area contributed by atoms with E-state index in [4.69, 9.17) is 4.74 Å². The summed E-state index contributed by atoms with van der Waals surface area (Å²) in [5.41, 5.74) is 2.30. The Morgan fingerprint density at radius 1 is 1.30 bits per heavy atom. The van der Waals surface area contributed by atoms with Gasteiger partial charge in [-0.1, -0.05) is 31.4 Å². The van der Waals surface area contributed by atoms with Crippen LogP contribution in [0.25, 0.3) is 0 Å². The molecule has 0 saturated carbocycles. The maximum Gasteiger partial charge on any atom is 0.401 e. The molecule has 4 heteroatoms. The number of halogens is 2. The van der Waals surface area contributed by atoms with E-state index in [-0.39, 0.29) is 11.5 Å². The summed E-state index contributed by atoms with van der Waals surface area (Å²) < 4.78 is 33.9. The number of phenolic OH excluding ortho intramolecular Hbond substituents is 1. The second-order valence-corrected chi connectivity index (χ2v) is 6.76. The number of phenols is 1. The first kappa shape index (κ1) is 16.3. The van der Waals surface area contributed by atoms with Crippen molar-refractivity contribution in [2.24, 2.45) is 5.92 Å². The van der Waals surface area contributed by atoms with Crippen molar-refractivity contribution in [1.82, 2.24) is 0 Å². The van der Waals surface area contributed by atoms with Crippen LogP contribution in [-0.2, 0) is 6.42 Å². The zero-order valence-electron chi connectivity index (χ0n) is 13.7. The summed E-state index contributed by atoms with van der Waals surface area (Å²) in [4.78, 5) is 0. The highest BCUT2D eigenvalue weighted by Crippen LogP contribution is 2.55. The number of hydrogen-bond acceptors (Lipinski definition) is 2. The third kappa shape index (κ3) is 2.96. The van der Waals surface area contributed by atoms with Crippen LogP contribution >= 0.6 is 0 Å². The molecule has 0 radical (unpaired) electrons. The molecule has 2 atom stereocenters. The summed E-state index contributed by atoms with van der Waals surface area (Å²) in [5.74, 6) is -1.10. The van der Waals surface area contributed by atoms with Crippen molar-refractivity contribution < 1.29 is 18.6 Å². The van der Waals surface area contributed by atoms with Crippen LogP contribution < -0.4 is 4.74 Å². The van der Waals surface area contributed by atoms with Crippen LogP contribution in [0.1, 0.15) is 63.0 Å². The van der Waals surface area contributed by atoms with E-state index in [9.17, 15) is 13.9 Å². The minimum Gasteiger partial charge on any atom is -0.507 e. The molecule has 1 aliphatic carbocycles. The van der Waals surface area contributed by atoms with Crippen LogP contribution in [0.2, 0.25) is 0 Å². The predicted molar refractivity (Wildman–Crippen MR) is 86.1 cm³/mol. The summed E-state index contributed by atoms with van der Waals surface area (Å²) in [6.45, 7) is 3.99. The molecule has 126 valence electrons. The van der Waals surface area contributed by atoms with Gasteiger partial charge in [-0.25, -0.2) is 0 Å². The molecule has 2 unspecified atom stereocenters. The van der Waals surface area contributed by atoms with Gasteiger partial charge in [-0.05, 0) is 50.3 Å². The zero-order chi connectivity index (χ0) is 16.6. The minimum atomic E-state index is -3.18. The topological polar surface area (TPSA) is 29.5 Å². The van der Waals surface area contributed by atoms with Gasteiger partial charge in [0.05, 0.1) is 5.92 Å². The number of allylic oxidation sites excluding steroid dienone is 2. The van der Waals surface area contributed by atoms with Gasteiger partial charge in [0, 0.05) is 11.5 Å². The first-order valence-electron chi connectivity index (χ1n) is 8.53. The number of benzene rings is 1. The lowest BCUT2D eigenvalue weighted by Gasteiger charge is -2.41. The molecule has 0 saturated heterocycles. The number of aromatic hydroxyl groups is 1. The second kappa shape index (κ2) is 6.14. The van der Waals surface area contributed by atoms with E-state index in [0.29, 0.717) is 18.4 Å². The predicted octanol–water partition coefficient (Wildman–Crippen LogP) is 5.55. The molecule has 2 aliphatic rings. The molecule has 1 heterocycles. The quantitative estimate of drug-likeness (QED) is 0.581. The number of aryl methyl sites for hydroxylation is 1. The van der Waals surface area contributed by atoms with Gasteiger partial charge >= 0.3 is 6.11 Å². The largest absolute Gasteiger partial charge is 0.507 e. The van der Waals surface area contributed by atoms with Gasteiger partial charge in [0.15, 0.2) is 0 Å². The SMILES string of the molecule is CCCCCc1cc(O)c2c(c1)OC(F)(F)C1CCC=C(C)C21. The van der Waals surface area contributed by atoms with Crippen molar-refractivity contribution in [3.63, 3.8) is 0 Å². The van der Waals surface area contributed by atoms with Crippen molar-refractivity contribution >= 4 is 0 Å². The average molecular weight is 322 g/mol. The maximum atomic E-state index is 14.4. The molecule has 1 aromatic rings. The lowest BCUT2D eigenvalue weighted by atomic mass is 9.72. The normalized spacial score (nSPS) is 25.1. The maximum absolute atomic E-state index is 14.4. The fraction of sp³-hybridized carbons (Fsp3) is 0.579. The molecule has 0 bridgehead atoms. The van der Waals surface area contributed by atoms with Crippen molar-refractivity contribution in [3.8, 4) is 11.5 Å². The summed E-state index contributed by atoms with van der Waals surface area (Å²) in [5, 5.41) is 10.5. The van der Waals surface area contributed by atoms with Gasteiger partial charge in [-0.3, -0.25) is 0 Å². The van der Waals surface area contributed by atoms with Crippen molar-refractivity contribution in [2.45, 2.75) is 64.4 Å². The van der Waals surface area contributed by atoms with E-state index in [1.165, 1.54) is 0 Å². The number of unbranched alkanes of at least 4 members (excludes halogenated alkanes) is 2. The van der Waals surface area contributed by atoms with Gasteiger partial charge in [-0.2, -0.15) is 8.78 Å². The van der Waals surface area contributed by atoms with Crippen LogP contribution in [0.15, 0.2) is 23.8 Å². The smallest absolute Gasteiger partial charge is 0.401 e. The highest BCUT2D eigenvalue weighted by molar-refractivity contribution is 5.54.